The number of aromatic nitrogens is 1. The van der Waals surface area contributed by atoms with Crippen molar-refractivity contribution in [2.45, 2.75) is 44.7 Å². The lowest BCUT2D eigenvalue weighted by Crippen LogP contribution is -1.97. The molecule has 0 atom stereocenters. The Morgan fingerprint density at radius 2 is 1.94 bits per heavy atom. The Morgan fingerprint density at radius 1 is 1.22 bits per heavy atom. The fraction of sp³-hybridized carbons (Fsp3) is 0.467. The van der Waals surface area contributed by atoms with Gasteiger partial charge in [-0.3, -0.25) is 0 Å². The second-order valence-electron chi connectivity index (χ2n) is 5.15. The molecule has 0 unspecified atom stereocenters. The van der Waals surface area contributed by atoms with E-state index in [4.69, 9.17) is 11.6 Å². The number of benzene rings is 1. The molecule has 98 valence electrons. The van der Waals surface area contributed by atoms with Gasteiger partial charge < -0.3 is 4.57 Å². The van der Waals surface area contributed by atoms with Crippen molar-refractivity contribution in [3.8, 4) is 0 Å². The molecule has 1 aromatic carbocycles. The highest BCUT2D eigenvalue weighted by Crippen LogP contribution is 2.33. The van der Waals surface area contributed by atoms with Crippen LogP contribution >= 0.6 is 23.4 Å². The number of fused-ring (bicyclic) bond motifs is 1. The molecule has 0 fully saturated rings. The van der Waals surface area contributed by atoms with Gasteiger partial charge in [0.1, 0.15) is 0 Å². The Bertz CT molecular complexity index is 543. The molecule has 2 rings (SSSR count). The first-order valence-corrected chi connectivity index (χ1v) is 7.83. The van der Waals surface area contributed by atoms with Gasteiger partial charge in [0, 0.05) is 23.4 Å². The summed E-state index contributed by atoms with van der Waals surface area (Å²) in [5.74, 6) is 1.03. The molecule has 1 aromatic heterocycles. The molecular formula is C15H20ClNS. The maximum Gasteiger partial charge on any atom is 0.0502 e. The summed E-state index contributed by atoms with van der Waals surface area (Å²) in [7, 11) is 0. The Morgan fingerprint density at radius 3 is 2.56 bits per heavy atom. The van der Waals surface area contributed by atoms with Crippen molar-refractivity contribution in [1.82, 2.24) is 4.57 Å². The van der Waals surface area contributed by atoms with E-state index >= 15 is 0 Å². The van der Waals surface area contributed by atoms with E-state index in [1.165, 1.54) is 16.5 Å². The van der Waals surface area contributed by atoms with E-state index in [1.807, 2.05) is 23.9 Å². The summed E-state index contributed by atoms with van der Waals surface area (Å²) in [5, 5.41) is 2.73. The van der Waals surface area contributed by atoms with Crippen molar-refractivity contribution in [2.75, 3.05) is 0 Å². The predicted molar refractivity (Wildman–Crippen MR) is 83.8 cm³/mol. The third-order valence-corrected chi connectivity index (χ3v) is 4.47. The molecule has 0 saturated heterocycles. The summed E-state index contributed by atoms with van der Waals surface area (Å²) in [6, 6.07) is 6.63. The van der Waals surface area contributed by atoms with Crippen LogP contribution in [0.2, 0.25) is 5.02 Å². The molecule has 0 saturated carbocycles. The van der Waals surface area contributed by atoms with E-state index in [9.17, 15) is 0 Å². The number of hydrogen-bond acceptors (Lipinski definition) is 1. The largest absolute Gasteiger partial charge is 0.345 e. The molecule has 1 heterocycles. The fourth-order valence-corrected chi connectivity index (χ4v) is 3.16. The van der Waals surface area contributed by atoms with Gasteiger partial charge in [0.2, 0.25) is 0 Å². The van der Waals surface area contributed by atoms with E-state index < -0.39 is 0 Å². The third-order valence-electron chi connectivity index (χ3n) is 3.01. The van der Waals surface area contributed by atoms with Gasteiger partial charge in [0.15, 0.2) is 0 Å². The van der Waals surface area contributed by atoms with Crippen LogP contribution in [0.3, 0.4) is 0 Å². The predicted octanol–water partition coefficient (Wildman–Crippen LogP) is 5.52. The highest BCUT2D eigenvalue weighted by Gasteiger charge is 2.13. The minimum atomic E-state index is 0.462. The molecule has 0 radical (unpaired) electrons. The van der Waals surface area contributed by atoms with E-state index in [1.54, 1.807) is 0 Å². The summed E-state index contributed by atoms with van der Waals surface area (Å²) in [6.07, 6.45) is 2.26. The Hall–Kier alpha value is -0.600. The summed E-state index contributed by atoms with van der Waals surface area (Å²) < 4.78 is 2.32. The molecule has 0 amide bonds. The van der Waals surface area contributed by atoms with E-state index in [0.29, 0.717) is 11.3 Å². The summed E-state index contributed by atoms with van der Waals surface area (Å²) in [6.45, 7) is 8.88. The normalized spacial score (nSPS) is 11.9. The molecule has 1 nitrogen and oxygen atoms in total. The van der Waals surface area contributed by atoms with Crippen LogP contribution in [-0.4, -0.2) is 9.82 Å². The monoisotopic (exact) mass is 281 g/mol. The lowest BCUT2D eigenvalue weighted by molar-refractivity contribution is 0.622. The van der Waals surface area contributed by atoms with Crippen molar-refractivity contribution in [3.63, 3.8) is 0 Å². The van der Waals surface area contributed by atoms with Crippen LogP contribution in [0, 0.1) is 0 Å². The van der Waals surface area contributed by atoms with Crippen molar-refractivity contribution < 1.29 is 0 Å². The highest BCUT2D eigenvalue weighted by atomic mass is 35.5. The van der Waals surface area contributed by atoms with E-state index in [-0.39, 0.29) is 0 Å². The van der Waals surface area contributed by atoms with Crippen LogP contribution in [0.5, 0.6) is 0 Å². The fourth-order valence-electron chi connectivity index (χ4n) is 2.14. The van der Waals surface area contributed by atoms with Crippen LogP contribution in [0.1, 0.15) is 39.3 Å². The number of hydrogen-bond donors (Lipinski definition) is 0. The molecule has 18 heavy (non-hydrogen) atoms. The highest BCUT2D eigenvalue weighted by molar-refractivity contribution is 7.99. The molecule has 0 aliphatic carbocycles. The molecule has 0 aliphatic rings. The Balaban J connectivity index is 2.52. The van der Waals surface area contributed by atoms with Crippen LogP contribution in [0.15, 0.2) is 24.4 Å². The number of nitrogens with zero attached hydrogens (tertiary/aromatic N) is 1. The van der Waals surface area contributed by atoms with E-state index in [0.717, 1.165) is 10.8 Å². The summed E-state index contributed by atoms with van der Waals surface area (Å²) in [4.78, 5) is 0. The average Bonchev–Trinajstić information content (AvgIpc) is 2.67. The van der Waals surface area contributed by atoms with Crippen LogP contribution in [-0.2, 0) is 5.75 Å². The standard InChI is InChI=1S/C15H20ClNS/c1-10(2)17-8-12(9-18-11(3)4)15-13(16)6-5-7-14(15)17/h5-8,10-11H,9H2,1-4H3. The van der Waals surface area contributed by atoms with Crippen molar-refractivity contribution in [2.24, 2.45) is 0 Å². The topological polar surface area (TPSA) is 4.93 Å². The van der Waals surface area contributed by atoms with Crippen LogP contribution in [0.4, 0.5) is 0 Å². The second-order valence-corrected chi connectivity index (χ2v) is 7.12. The molecule has 0 N–H and O–H groups in total. The smallest absolute Gasteiger partial charge is 0.0502 e. The van der Waals surface area contributed by atoms with Gasteiger partial charge in [-0.2, -0.15) is 11.8 Å². The van der Waals surface area contributed by atoms with Gasteiger partial charge in [-0.05, 0) is 36.8 Å². The van der Waals surface area contributed by atoms with Gasteiger partial charge >= 0.3 is 0 Å². The SMILES string of the molecule is CC(C)SCc1cn(C(C)C)c2cccc(Cl)c12. The molecule has 0 aliphatic heterocycles. The lowest BCUT2D eigenvalue weighted by Gasteiger charge is -2.08. The van der Waals surface area contributed by atoms with E-state index in [2.05, 4.69) is 44.5 Å². The minimum absolute atomic E-state index is 0.462. The summed E-state index contributed by atoms with van der Waals surface area (Å²) in [5.41, 5.74) is 2.60. The summed E-state index contributed by atoms with van der Waals surface area (Å²) >= 11 is 8.33. The van der Waals surface area contributed by atoms with Gasteiger partial charge in [-0.15, -0.1) is 0 Å². The zero-order chi connectivity index (χ0) is 13.3. The number of halogens is 1. The first-order chi connectivity index (χ1) is 8.50. The molecule has 3 heteroatoms. The van der Waals surface area contributed by atoms with Gasteiger partial charge in [0.05, 0.1) is 10.5 Å². The number of rotatable bonds is 4. The zero-order valence-corrected chi connectivity index (χ0v) is 13.0. The van der Waals surface area contributed by atoms with Crippen LogP contribution in [0.25, 0.3) is 10.9 Å². The maximum atomic E-state index is 6.37. The van der Waals surface area contributed by atoms with Crippen molar-refractivity contribution >= 4 is 34.3 Å². The third kappa shape index (κ3) is 2.70. The molecule has 0 bridgehead atoms. The average molecular weight is 282 g/mol. The maximum absolute atomic E-state index is 6.37. The quantitative estimate of drug-likeness (QED) is 0.714. The second kappa shape index (κ2) is 5.58. The lowest BCUT2D eigenvalue weighted by atomic mass is 10.2. The first kappa shape index (κ1) is 13.8. The van der Waals surface area contributed by atoms with Gasteiger partial charge in [-0.25, -0.2) is 0 Å². The first-order valence-electron chi connectivity index (χ1n) is 6.40. The van der Waals surface area contributed by atoms with Crippen molar-refractivity contribution in [1.29, 1.82) is 0 Å². The molecule has 0 spiro atoms. The molecular weight excluding hydrogens is 262 g/mol. The van der Waals surface area contributed by atoms with Gasteiger partial charge in [0.25, 0.3) is 0 Å². The van der Waals surface area contributed by atoms with Crippen molar-refractivity contribution in [3.05, 3.63) is 35.0 Å². The number of thioether (sulfide) groups is 1. The minimum Gasteiger partial charge on any atom is -0.345 e. The zero-order valence-electron chi connectivity index (χ0n) is 11.4. The Labute approximate surface area is 119 Å². The van der Waals surface area contributed by atoms with Gasteiger partial charge in [-0.1, -0.05) is 31.5 Å². The molecule has 2 aromatic rings. The Kier molecular flexibility index (Phi) is 4.29. The van der Waals surface area contributed by atoms with Crippen LogP contribution < -0.4 is 0 Å².